The maximum atomic E-state index is 10.9. The molecule has 2 rings (SSSR count). The lowest BCUT2D eigenvalue weighted by molar-refractivity contribution is 0.231. The zero-order valence-electron chi connectivity index (χ0n) is 12.3. The number of ether oxygens (including phenoxy) is 2. The van der Waals surface area contributed by atoms with Crippen LogP contribution in [0.3, 0.4) is 0 Å². The fourth-order valence-corrected chi connectivity index (χ4v) is 2.96. The van der Waals surface area contributed by atoms with Crippen molar-refractivity contribution in [1.82, 2.24) is 0 Å². The summed E-state index contributed by atoms with van der Waals surface area (Å²) in [5, 5.41) is 0. The number of methoxy groups -OCH3 is 1. The van der Waals surface area contributed by atoms with Crippen LogP contribution in [0, 0.1) is 0 Å². The van der Waals surface area contributed by atoms with Crippen LogP contribution in [0.1, 0.15) is 45.1 Å². The second-order valence-corrected chi connectivity index (χ2v) is 5.44. The highest BCUT2D eigenvalue weighted by molar-refractivity contribution is 5.52. The van der Waals surface area contributed by atoms with Gasteiger partial charge in [0, 0.05) is 0 Å². The van der Waals surface area contributed by atoms with Crippen LogP contribution in [0.2, 0.25) is 0 Å². The molecule has 0 unspecified atom stereocenters. The molecule has 0 aromatic heterocycles. The second-order valence-electron chi connectivity index (χ2n) is 5.44. The molecule has 1 fully saturated rings. The van der Waals surface area contributed by atoms with Crippen LogP contribution >= 0.6 is 0 Å². The van der Waals surface area contributed by atoms with Gasteiger partial charge in [-0.05, 0) is 38.8 Å². The molecular weight excluding hydrogens is 254 g/mol. The third-order valence-corrected chi connectivity index (χ3v) is 3.73. The van der Waals surface area contributed by atoms with Crippen LogP contribution in [-0.2, 0) is 10.3 Å². The summed E-state index contributed by atoms with van der Waals surface area (Å²) in [7, 11) is 1.63. The van der Waals surface area contributed by atoms with Gasteiger partial charge in [0.25, 0.3) is 0 Å². The predicted octanol–water partition coefficient (Wildman–Crippen LogP) is 3.59. The van der Waals surface area contributed by atoms with Crippen molar-refractivity contribution in [2.75, 3.05) is 7.11 Å². The number of isocyanates is 1. The van der Waals surface area contributed by atoms with Crippen molar-refractivity contribution < 1.29 is 14.3 Å². The van der Waals surface area contributed by atoms with Gasteiger partial charge >= 0.3 is 0 Å². The normalized spacial score (nSPS) is 16.8. The minimum absolute atomic E-state index is 0.0551. The number of benzene rings is 1. The first kappa shape index (κ1) is 14.6. The van der Waals surface area contributed by atoms with Crippen LogP contribution in [0.4, 0.5) is 0 Å². The quantitative estimate of drug-likeness (QED) is 0.609. The maximum Gasteiger partial charge on any atom is 0.235 e. The molecule has 0 heterocycles. The summed E-state index contributed by atoms with van der Waals surface area (Å²) >= 11 is 0. The summed E-state index contributed by atoms with van der Waals surface area (Å²) in [5.41, 5.74) is 0.343. The molecule has 0 N–H and O–H groups in total. The number of carbonyl (C=O) groups excluding carboxylic acids is 1. The minimum Gasteiger partial charge on any atom is -0.496 e. The van der Waals surface area contributed by atoms with Gasteiger partial charge in [0.05, 0.1) is 18.8 Å². The third kappa shape index (κ3) is 2.70. The van der Waals surface area contributed by atoms with Crippen molar-refractivity contribution in [1.29, 1.82) is 0 Å². The van der Waals surface area contributed by atoms with Gasteiger partial charge in [-0.25, -0.2) is 4.79 Å². The smallest absolute Gasteiger partial charge is 0.235 e. The van der Waals surface area contributed by atoms with Crippen LogP contribution in [-0.4, -0.2) is 19.3 Å². The molecule has 20 heavy (non-hydrogen) atoms. The molecule has 1 saturated carbocycles. The summed E-state index contributed by atoms with van der Waals surface area (Å²) in [5.74, 6) is 1.48. The first-order valence-corrected chi connectivity index (χ1v) is 7.06. The average molecular weight is 275 g/mol. The van der Waals surface area contributed by atoms with Gasteiger partial charge < -0.3 is 9.47 Å². The van der Waals surface area contributed by atoms with Gasteiger partial charge in [-0.1, -0.05) is 18.9 Å². The standard InChI is InChI=1S/C16H21NO3/c1-12(2)20-14-8-6-7-13(19-3)15(14)16(17-11-18)9-4-5-10-16/h6-8,12H,4-5,9-10H2,1-3H3. The zero-order valence-corrected chi connectivity index (χ0v) is 12.3. The minimum atomic E-state index is -0.543. The number of rotatable bonds is 5. The van der Waals surface area contributed by atoms with Gasteiger partial charge in [0.2, 0.25) is 6.08 Å². The molecule has 0 bridgehead atoms. The Morgan fingerprint density at radius 3 is 2.45 bits per heavy atom. The van der Waals surface area contributed by atoms with Crippen LogP contribution in [0.15, 0.2) is 23.2 Å². The summed E-state index contributed by atoms with van der Waals surface area (Å²) < 4.78 is 11.4. The van der Waals surface area contributed by atoms with Crippen LogP contribution < -0.4 is 9.47 Å². The van der Waals surface area contributed by atoms with E-state index in [1.807, 2.05) is 32.0 Å². The highest BCUT2D eigenvalue weighted by Gasteiger charge is 2.40. The van der Waals surface area contributed by atoms with Gasteiger partial charge in [-0.2, -0.15) is 4.99 Å². The van der Waals surface area contributed by atoms with Crippen molar-refractivity contribution in [2.24, 2.45) is 4.99 Å². The number of hydrogen-bond donors (Lipinski definition) is 0. The number of nitrogens with zero attached hydrogens (tertiary/aromatic N) is 1. The van der Waals surface area contributed by atoms with Gasteiger partial charge in [-0.15, -0.1) is 0 Å². The Bertz CT molecular complexity index is 512. The highest BCUT2D eigenvalue weighted by Crippen LogP contribution is 2.49. The summed E-state index contributed by atoms with van der Waals surface area (Å²) in [6.07, 6.45) is 5.55. The van der Waals surface area contributed by atoms with Gasteiger partial charge in [0.1, 0.15) is 17.0 Å². The predicted molar refractivity (Wildman–Crippen MR) is 77.0 cm³/mol. The molecule has 1 aliphatic carbocycles. The SMILES string of the molecule is COc1cccc(OC(C)C)c1C1(N=C=O)CCCC1. The second kappa shape index (κ2) is 6.10. The molecule has 0 saturated heterocycles. The van der Waals surface area contributed by atoms with E-state index in [4.69, 9.17) is 9.47 Å². The van der Waals surface area contributed by atoms with E-state index in [2.05, 4.69) is 4.99 Å². The van der Waals surface area contributed by atoms with Crippen LogP contribution in [0.5, 0.6) is 11.5 Å². The first-order chi connectivity index (χ1) is 9.63. The third-order valence-electron chi connectivity index (χ3n) is 3.73. The van der Waals surface area contributed by atoms with E-state index in [1.54, 1.807) is 13.2 Å². The molecule has 0 spiro atoms. The van der Waals surface area contributed by atoms with Crippen molar-refractivity contribution in [3.8, 4) is 11.5 Å². The summed E-state index contributed by atoms with van der Waals surface area (Å²) in [6, 6.07) is 5.70. The Morgan fingerprint density at radius 1 is 1.25 bits per heavy atom. The molecule has 0 amide bonds. The van der Waals surface area contributed by atoms with E-state index >= 15 is 0 Å². The van der Waals surface area contributed by atoms with Crippen LogP contribution in [0.25, 0.3) is 0 Å². The fourth-order valence-electron chi connectivity index (χ4n) is 2.96. The molecule has 1 aromatic rings. The van der Waals surface area contributed by atoms with Crippen molar-refractivity contribution in [3.63, 3.8) is 0 Å². The topological polar surface area (TPSA) is 47.9 Å². The van der Waals surface area contributed by atoms with E-state index < -0.39 is 5.54 Å². The number of hydrogen-bond acceptors (Lipinski definition) is 4. The van der Waals surface area contributed by atoms with E-state index in [0.29, 0.717) is 0 Å². The Labute approximate surface area is 119 Å². The Hall–Kier alpha value is -1.80. The van der Waals surface area contributed by atoms with E-state index in [-0.39, 0.29) is 6.10 Å². The first-order valence-electron chi connectivity index (χ1n) is 7.06. The summed E-state index contributed by atoms with van der Waals surface area (Å²) in [6.45, 7) is 3.96. The molecule has 1 aromatic carbocycles. The van der Waals surface area contributed by atoms with Crippen molar-refractivity contribution in [3.05, 3.63) is 23.8 Å². The lowest BCUT2D eigenvalue weighted by Crippen LogP contribution is -2.22. The van der Waals surface area contributed by atoms with Crippen molar-refractivity contribution in [2.45, 2.75) is 51.2 Å². The summed E-state index contributed by atoms with van der Waals surface area (Å²) in [4.78, 5) is 15.0. The van der Waals surface area contributed by atoms with Gasteiger partial charge in [-0.3, -0.25) is 0 Å². The largest absolute Gasteiger partial charge is 0.496 e. The Morgan fingerprint density at radius 2 is 1.90 bits per heavy atom. The highest BCUT2D eigenvalue weighted by atomic mass is 16.5. The lowest BCUT2D eigenvalue weighted by Gasteiger charge is -2.28. The molecular formula is C16H21NO3. The lowest BCUT2D eigenvalue weighted by atomic mass is 9.87. The van der Waals surface area contributed by atoms with Gasteiger partial charge in [0.15, 0.2) is 0 Å². The Kier molecular flexibility index (Phi) is 4.46. The molecule has 0 aliphatic heterocycles. The average Bonchev–Trinajstić information content (AvgIpc) is 2.87. The van der Waals surface area contributed by atoms with E-state index in [1.165, 1.54) is 0 Å². The number of aliphatic imine (C=N–C) groups is 1. The van der Waals surface area contributed by atoms with E-state index in [9.17, 15) is 4.79 Å². The molecule has 108 valence electrons. The maximum absolute atomic E-state index is 10.9. The molecule has 4 nitrogen and oxygen atoms in total. The molecule has 4 heteroatoms. The monoisotopic (exact) mass is 275 g/mol. The zero-order chi connectivity index (χ0) is 14.6. The fraction of sp³-hybridized carbons (Fsp3) is 0.562. The molecule has 0 radical (unpaired) electrons. The van der Waals surface area contributed by atoms with Crippen molar-refractivity contribution >= 4 is 6.08 Å². The van der Waals surface area contributed by atoms with E-state index in [0.717, 1.165) is 42.7 Å². The molecule has 1 aliphatic rings. The molecule has 0 atom stereocenters. The Balaban J connectivity index is 2.59.